The third kappa shape index (κ3) is 4.27. The van der Waals surface area contributed by atoms with E-state index in [9.17, 15) is 14.0 Å². The van der Waals surface area contributed by atoms with Crippen LogP contribution in [0.15, 0.2) is 48.5 Å². The van der Waals surface area contributed by atoms with Gasteiger partial charge in [0.15, 0.2) is 11.8 Å². The predicted octanol–water partition coefficient (Wildman–Crippen LogP) is 3.95. The van der Waals surface area contributed by atoms with Gasteiger partial charge in [-0.1, -0.05) is 18.2 Å². The first-order valence-electron chi connectivity index (χ1n) is 9.16. The Bertz CT molecular complexity index is 946. The zero-order valence-corrected chi connectivity index (χ0v) is 16.5. The van der Waals surface area contributed by atoms with Gasteiger partial charge in [0.05, 0.1) is 0 Å². The molecule has 5 nitrogen and oxygen atoms in total. The van der Waals surface area contributed by atoms with Gasteiger partial charge in [0, 0.05) is 30.5 Å². The molecule has 0 saturated heterocycles. The molecule has 1 atom stereocenters. The van der Waals surface area contributed by atoms with Gasteiger partial charge < -0.3 is 10.1 Å². The maximum Gasteiger partial charge on any atom is 0.415 e. The first-order valence-corrected chi connectivity index (χ1v) is 9.16. The van der Waals surface area contributed by atoms with Crippen molar-refractivity contribution in [3.05, 3.63) is 65.5 Å². The van der Waals surface area contributed by atoms with Crippen molar-refractivity contribution in [1.29, 1.82) is 0 Å². The van der Waals surface area contributed by atoms with Crippen molar-refractivity contribution < 1.29 is 23.3 Å². The van der Waals surface area contributed by atoms with Gasteiger partial charge in [-0.15, -0.1) is 4.58 Å². The number of halogens is 1. The number of rotatable bonds is 2. The minimum absolute atomic E-state index is 0.198. The normalized spacial score (nSPS) is 18.3. The van der Waals surface area contributed by atoms with Gasteiger partial charge in [-0.25, -0.2) is 14.0 Å². The van der Waals surface area contributed by atoms with Crippen LogP contribution >= 0.6 is 0 Å². The molecular weight excluding hydrogens is 359 g/mol. The number of hydrogen-bond donors (Lipinski definition) is 1. The maximum absolute atomic E-state index is 13.8. The second-order valence-corrected chi connectivity index (χ2v) is 7.80. The van der Waals surface area contributed by atoms with E-state index in [1.807, 2.05) is 37.3 Å². The molecule has 146 valence electrons. The third-order valence-electron chi connectivity index (χ3n) is 4.44. The summed E-state index contributed by atoms with van der Waals surface area (Å²) < 4.78 is 20.6. The molecule has 3 rings (SSSR count). The fourth-order valence-electron chi connectivity index (χ4n) is 3.23. The van der Waals surface area contributed by atoms with Crippen LogP contribution in [0, 0.1) is 5.82 Å². The Kier molecular flexibility index (Phi) is 5.31. The van der Waals surface area contributed by atoms with Gasteiger partial charge in [0.1, 0.15) is 11.4 Å². The van der Waals surface area contributed by atoms with Crippen LogP contribution in [0.3, 0.4) is 0 Å². The minimum Gasteiger partial charge on any atom is -0.444 e. The summed E-state index contributed by atoms with van der Waals surface area (Å²) in [5.41, 5.74) is 2.15. The Morgan fingerprint density at radius 3 is 2.50 bits per heavy atom. The number of fused-ring (bicyclic) bond motifs is 1. The van der Waals surface area contributed by atoms with Gasteiger partial charge >= 0.3 is 12.0 Å². The van der Waals surface area contributed by atoms with E-state index in [0.717, 1.165) is 5.56 Å². The van der Waals surface area contributed by atoms with E-state index in [0.29, 0.717) is 17.0 Å². The van der Waals surface area contributed by atoms with E-state index in [4.69, 9.17) is 4.74 Å². The smallest absolute Gasteiger partial charge is 0.415 e. The zero-order chi connectivity index (χ0) is 20.5. The summed E-state index contributed by atoms with van der Waals surface area (Å²) in [4.78, 5) is 25.4. The average Bonchev–Trinajstić information content (AvgIpc) is 2.61. The number of amides is 2. The highest BCUT2D eigenvalue weighted by Gasteiger charge is 2.41. The summed E-state index contributed by atoms with van der Waals surface area (Å²) in [7, 11) is 0. The molecule has 2 aromatic rings. The molecule has 0 unspecified atom stereocenters. The van der Waals surface area contributed by atoms with E-state index in [-0.39, 0.29) is 18.1 Å². The first kappa shape index (κ1) is 19.7. The zero-order valence-electron chi connectivity index (χ0n) is 16.5. The fraction of sp³-hybridized carbons (Fsp3) is 0.318. The lowest BCUT2D eigenvalue weighted by Crippen LogP contribution is -2.50. The van der Waals surface area contributed by atoms with Crippen LogP contribution in [-0.4, -0.2) is 33.9 Å². The summed E-state index contributed by atoms with van der Waals surface area (Å²) in [6.45, 7) is 7.08. The summed E-state index contributed by atoms with van der Waals surface area (Å²) in [5, 5.41) is 2.63. The summed E-state index contributed by atoms with van der Waals surface area (Å²) in [6.07, 6.45) is -0.480. The van der Waals surface area contributed by atoms with Crippen molar-refractivity contribution in [1.82, 2.24) is 5.32 Å². The molecule has 1 heterocycles. The molecule has 2 amide bonds. The highest BCUT2D eigenvalue weighted by Crippen LogP contribution is 2.28. The highest BCUT2D eigenvalue weighted by atomic mass is 19.1. The van der Waals surface area contributed by atoms with Crippen LogP contribution in [0.5, 0.6) is 0 Å². The van der Waals surface area contributed by atoms with Gasteiger partial charge in [0.2, 0.25) is 5.69 Å². The molecular formula is C22H24FN2O3+. The molecule has 0 bridgehead atoms. The van der Waals surface area contributed by atoms with Crippen LogP contribution in [0.25, 0.3) is 0 Å². The van der Waals surface area contributed by atoms with Crippen LogP contribution < -0.4 is 5.32 Å². The molecule has 1 aliphatic rings. The quantitative estimate of drug-likeness (QED) is 0.799. The number of nitrogens with one attached hydrogen (secondary N) is 1. The number of hydrogen-bond acceptors (Lipinski definition) is 3. The molecule has 0 aromatic heterocycles. The molecule has 28 heavy (non-hydrogen) atoms. The lowest BCUT2D eigenvalue weighted by Gasteiger charge is -2.24. The van der Waals surface area contributed by atoms with E-state index in [2.05, 4.69) is 5.32 Å². The van der Waals surface area contributed by atoms with Gasteiger partial charge in [-0.05, 0) is 45.0 Å². The molecule has 1 N–H and O–H groups in total. The number of ether oxygens (including phenoxy) is 1. The number of carbonyl (C=O) groups is 2. The van der Waals surface area contributed by atoms with Gasteiger partial charge in [-0.2, -0.15) is 0 Å². The van der Waals surface area contributed by atoms with Crippen molar-refractivity contribution >= 4 is 23.4 Å². The summed E-state index contributed by atoms with van der Waals surface area (Å²) in [5.74, 6) is -0.673. The first-order chi connectivity index (χ1) is 13.2. The van der Waals surface area contributed by atoms with Crippen LogP contribution in [-0.2, 0) is 16.0 Å². The van der Waals surface area contributed by atoms with Gasteiger partial charge in [-0.3, -0.25) is 0 Å². The number of carbonyl (C=O) groups excluding carboxylic acids is 2. The number of benzene rings is 2. The Balaban J connectivity index is 2.04. The monoisotopic (exact) mass is 383 g/mol. The standard InChI is InChI=1S/C22H23FN2O3/c1-14(15-8-6-5-7-9-15)25-19-11-10-17(23)12-16(19)13-18(20(25)26)24-21(27)28-22(2,3)4/h5-12,18H,13H2,1-4H3/p+1/t18-/m1/s1. The van der Waals surface area contributed by atoms with E-state index in [1.54, 1.807) is 26.8 Å². The molecule has 0 fully saturated rings. The minimum atomic E-state index is -0.845. The molecule has 0 aliphatic carbocycles. The van der Waals surface area contributed by atoms with Crippen LogP contribution in [0.4, 0.5) is 14.9 Å². The summed E-state index contributed by atoms with van der Waals surface area (Å²) in [6, 6.07) is 12.9. The fourth-order valence-corrected chi connectivity index (χ4v) is 3.23. The van der Waals surface area contributed by atoms with Gasteiger partial charge in [0.25, 0.3) is 0 Å². The van der Waals surface area contributed by atoms with Crippen molar-refractivity contribution in [2.75, 3.05) is 0 Å². The lowest BCUT2D eigenvalue weighted by molar-refractivity contribution is -0.373. The van der Waals surface area contributed by atoms with E-state index in [1.165, 1.54) is 16.7 Å². The largest absolute Gasteiger partial charge is 0.444 e. The second kappa shape index (κ2) is 7.54. The second-order valence-electron chi connectivity index (χ2n) is 7.80. The molecule has 0 radical (unpaired) electrons. The van der Waals surface area contributed by atoms with E-state index >= 15 is 0 Å². The van der Waals surface area contributed by atoms with Crippen LogP contribution in [0.1, 0.15) is 38.8 Å². The molecule has 1 aliphatic heterocycles. The Morgan fingerprint density at radius 2 is 1.86 bits per heavy atom. The summed E-state index contributed by atoms with van der Waals surface area (Å²) >= 11 is 0. The van der Waals surface area contributed by atoms with E-state index < -0.39 is 17.7 Å². The van der Waals surface area contributed by atoms with Crippen molar-refractivity contribution in [3.8, 4) is 0 Å². The Labute approximate surface area is 163 Å². The Morgan fingerprint density at radius 1 is 1.18 bits per heavy atom. The average molecular weight is 383 g/mol. The SMILES string of the molecule is CC(c1ccccc1)=[N+]1C(=O)[C@H](NC(=O)OC(C)(C)C)Cc2cc(F)ccc21. The Hall–Kier alpha value is -3.02. The molecule has 2 aromatic carbocycles. The molecule has 0 spiro atoms. The molecule has 0 saturated carbocycles. The van der Waals surface area contributed by atoms with Crippen molar-refractivity contribution in [2.24, 2.45) is 0 Å². The van der Waals surface area contributed by atoms with Crippen molar-refractivity contribution in [3.63, 3.8) is 0 Å². The maximum atomic E-state index is 13.8. The van der Waals surface area contributed by atoms with Crippen molar-refractivity contribution in [2.45, 2.75) is 45.8 Å². The lowest BCUT2D eigenvalue weighted by atomic mass is 9.97. The molecule has 6 heteroatoms. The third-order valence-corrected chi connectivity index (χ3v) is 4.44. The number of nitrogens with zero attached hydrogens (tertiary/aromatic N) is 1. The number of alkyl carbamates (subject to hydrolysis) is 1. The van der Waals surface area contributed by atoms with Crippen LogP contribution in [0.2, 0.25) is 0 Å². The highest BCUT2D eigenvalue weighted by molar-refractivity contribution is 6.00. The predicted molar refractivity (Wildman–Crippen MR) is 104 cm³/mol. The topological polar surface area (TPSA) is 58.4 Å².